The molecule has 1 N–H and O–H groups in total. The van der Waals surface area contributed by atoms with E-state index in [-0.39, 0.29) is 0 Å². The summed E-state index contributed by atoms with van der Waals surface area (Å²) in [5, 5.41) is 7.33. The summed E-state index contributed by atoms with van der Waals surface area (Å²) in [4.78, 5) is -0.430. The van der Waals surface area contributed by atoms with E-state index >= 15 is 0 Å². The summed E-state index contributed by atoms with van der Waals surface area (Å²) in [5.74, 6) is 0. The Morgan fingerprint density at radius 3 is 2.54 bits per heavy atom. The highest BCUT2D eigenvalue weighted by molar-refractivity contribution is 9.22. The van der Waals surface area contributed by atoms with Crippen LogP contribution < -0.4 is 0 Å². The molecule has 1 atom stereocenters. The molecule has 0 saturated carbocycles. The van der Waals surface area contributed by atoms with E-state index in [0.29, 0.717) is 3.95 Å². The standard InChI is InChI=1S/C9H16BrNOS/c1-5-7(2)6-9(3,12-4)13-8(10)11/h6,11H,5H2,1-4H3/b7-6-,11-8?. The van der Waals surface area contributed by atoms with Crippen LogP contribution in [0.4, 0.5) is 0 Å². The van der Waals surface area contributed by atoms with Gasteiger partial charge in [0.25, 0.3) is 0 Å². The van der Waals surface area contributed by atoms with Crippen LogP contribution in [0, 0.1) is 5.41 Å². The maximum atomic E-state index is 7.33. The van der Waals surface area contributed by atoms with Gasteiger partial charge in [-0.25, -0.2) is 0 Å². The lowest BCUT2D eigenvalue weighted by Gasteiger charge is -2.23. The van der Waals surface area contributed by atoms with Gasteiger partial charge < -0.3 is 4.74 Å². The third-order valence-electron chi connectivity index (χ3n) is 1.76. The molecule has 0 spiro atoms. The van der Waals surface area contributed by atoms with E-state index in [0.717, 1.165) is 6.42 Å². The molecule has 4 heteroatoms. The predicted octanol–water partition coefficient (Wildman–Crippen LogP) is 3.77. The van der Waals surface area contributed by atoms with Gasteiger partial charge in [0.1, 0.15) is 8.89 Å². The number of methoxy groups -OCH3 is 1. The minimum Gasteiger partial charge on any atom is -0.364 e. The zero-order chi connectivity index (χ0) is 10.5. The Morgan fingerprint density at radius 1 is 1.69 bits per heavy atom. The summed E-state index contributed by atoms with van der Waals surface area (Å²) in [6.45, 7) is 6.12. The van der Waals surface area contributed by atoms with Crippen molar-refractivity contribution in [2.24, 2.45) is 0 Å². The van der Waals surface area contributed by atoms with E-state index in [4.69, 9.17) is 10.1 Å². The first kappa shape index (κ1) is 13.2. The first-order valence-corrected chi connectivity index (χ1v) is 5.71. The molecular weight excluding hydrogens is 250 g/mol. The molecule has 0 aliphatic carbocycles. The van der Waals surface area contributed by atoms with Gasteiger partial charge in [0, 0.05) is 7.11 Å². The molecule has 0 aromatic rings. The molecule has 0 aliphatic heterocycles. The molecule has 76 valence electrons. The lowest BCUT2D eigenvalue weighted by atomic mass is 10.2. The van der Waals surface area contributed by atoms with Crippen LogP contribution in [0.15, 0.2) is 11.6 Å². The molecule has 13 heavy (non-hydrogen) atoms. The SMILES string of the molecule is CC/C(C)=C\C(C)(OC)SC(=N)Br. The summed E-state index contributed by atoms with van der Waals surface area (Å²) in [6.07, 6.45) is 3.06. The second-order valence-corrected chi connectivity index (χ2v) is 5.68. The molecule has 0 saturated heterocycles. The van der Waals surface area contributed by atoms with Gasteiger partial charge in [-0.2, -0.15) is 0 Å². The van der Waals surface area contributed by atoms with Crippen molar-refractivity contribution < 1.29 is 4.74 Å². The Bertz CT molecular complexity index is 218. The van der Waals surface area contributed by atoms with Gasteiger partial charge in [-0.1, -0.05) is 24.3 Å². The van der Waals surface area contributed by atoms with Crippen molar-refractivity contribution in [2.45, 2.75) is 32.1 Å². The molecule has 1 unspecified atom stereocenters. The van der Waals surface area contributed by atoms with Crippen molar-refractivity contribution in [2.75, 3.05) is 7.11 Å². The summed E-state index contributed by atoms with van der Waals surface area (Å²) in [7, 11) is 1.66. The van der Waals surface area contributed by atoms with Gasteiger partial charge in [0.15, 0.2) is 0 Å². The first-order chi connectivity index (χ1) is 5.93. The molecule has 0 aromatic heterocycles. The zero-order valence-electron chi connectivity index (χ0n) is 8.48. The van der Waals surface area contributed by atoms with Crippen molar-refractivity contribution in [3.63, 3.8) is 0 Å². The summed E-state index contributed by atoms with van der Waals surface area (Å²) in [5.41, 5.74) is 1.27. The zero-order valence-corrected chi connectivity index (χ0v) is 10.9. The number of halogens is 1. The van der Waals surface area contributed by atoms with Crippen LogP contribution in [0.3, 0.4) is 0 Å². The summed E-state index contributed by atoms with van der Waals surface area (Å²) >= 11 is 4.45. The average Bonchev–Trinajstić information content (AvgIpc) is 2.02. The van der Waals surface area contributed by atoms with Crippen molar-refractivity contribution in [3.05, 3.63) is 11.6 Å². The van der Waals surface area contributed by atoms with Gasteiger partial charge in [-0.05, 0) is 42.3 Å². The topological polar surface area (TPSA) is 33.1 Å². The third kappa shape index (κ3) is 5.49. The Balaban J connectivity index is 4.53. The highest BCUT2D eigenvalue weighted by Gasteiger charge is 2.22. The van der Waals surface area contributed by atoms with Crippen LogP contribution in [-0.2, 0) is 4.74 Å². The van der Waals surface area contributed by atoms with Crippen LogP contribution in [-0.4, -0.2) is 16.0 Å². The maximum absolute atomic E-state index is 7.33. The van der Waals surface area contributed by atoms with Gasteiger partial charge in [0.05, 0.1) is 0 Å². The third-order valence-corrected chi connectivity index (χ3v) is 3.12. The predicted molar refractivity (Wildman–Crippen MR) is 63.7 cm³/mol. The lowest BCUT2D eigenvalue weighted by Crippen LogP contribution is -2.21. The van der Waals surface area contributed by atoms with E-state index in [1.807, 2.05) is 13.0 Å². The number of hydrogen-bond acceptors (Lipinski definition) is 3. The number of nitrogens with one attached hydrogen (secondary N) is 1. The van der Waals surface area contributed by atoms with Crippen LogP contribution in [0.1, 0.15) is 27.2 Å². The fraction of sp³-hybridized carbons (Fsp3) is 0.667. The van der Waals surface area contributed by atoms with E-state index < -0.39 is 4.93 Å². The molecular formula is C9H16BrNOS. The molecule has 0 amide bonds. The second-order valence-electron chi connectivity index (χ2n) is 2.94. The smallest absolute Gasteiger partial charge is 0.135 e. The van der Waals surface area contributed by atoms with Gasteiger partial charge in [0.2, 0.25) is 0 Å². The van der Waals surface area contributed by atoms with Crippen LogP contribution >= 0.6 is 27.7 Å². The minimum atomic E-state index is -0.430. The Morgan fingerprint density at radius 2 is 2.23 bits per heavy atom. The number of thioether (sulfide) groups is 1. The highest BCUT2D eigenvalue weighted by Crippen LogP contribution is 2.31. The first-order valence-electron chi connectivity index (χ1n) is 4.10. The summed E-state index contributed by atoms with van der Waals surface area (Å²) < 4.78 is 5.72. The molecule has 0 rings (SSSR count). The number of hydrogen-bond donors (Lipinski definition) is 1. The Hall–Kier alpha value is 0.200. The van der Waals surface area contributed by atoms with Gasteiger partial charge in [-0.15, -0.1) is 0 Å². The second kappa shape index (κ2) is 5.83. The van der Waals surface area contributed by atoms with Crippen LogP contribution in [0.5, 0.6) is 0 Å². The van der Waals surface area contributed by atoms with Crippen LogP contribution in [0.25, 0.3) is 0 Å². The minimum absolute atomic E-state index is 0.386. The Kier molecular flexibility index (Phi) is 5.92. The molecule has 0 radical (unpaired) electrons. The molecule has 0 aliphatic rings. The lowest BCUT2D eigenvalue weighted by molar-refractivity contribution is 0.127. The fourth-order valence-electron chi connectivity index (χ4n) is 0.858. The van der Waals surface area contributed by atoms with E-state index in [1.54, 1.807) is 7.11 Å². The maximum Gasteiger partial charge on any atom is 0.135 e. The number of allylic oxidation sites excluding steroid dienone is 1. The molecule has 0 aromatic carbocycles. The molecule has 0 bridgehead atoms. The molecule has 0 heterocycles. The molecule has 2 nitrogen and oxygen atoms in total. The Labute approximate surface area is 92.8 Å². The van der Waals surface area contributed by atoms with E-state index in [2.05, 4.69) is 29.8 Å². The van der Waals surface area contributed by atoms with E-state index in [1.165, 1.54) is 17.3 Å². The van der Waals surface area contributed by atoms with Crippen molar-refractivity contribution >= 4 is 31.6 Å². The van der Waals surface area contributed by atoms with Crippen molar-refractivity contribution in [1.82, 2.24) is 0 Å². The van der Waals surface area contributed by atoms with Crippen molar-refractivity contribution in [1.29, 1.82) is 5.41 Å². The molecule has 0 fully saturated rings. The normalized spacial score (nSPS) is 16.8. The van der Waals surface area contributed by atoms with Gasteiger partial charge >= 0.3 is 0 Å². The number of ether oxygens (including phenoxy) is 1. The number of rotatable bonds is 4. The van der Waals surface area contributed by atoms with Crippen LogP contribution in [0.2, 0.25) is 0 Å². The van der Waals surface area contributed by atoms with Crippen molar-refractivity contribution in [3.8, 4) is 0 Å². The fourth-order valence-corrected chi connectivity index (χ4v) is 2.52. The highest BCUT2D eigenvalue weighted by atomic mass is 79.9. The summed E-state index contributed by atoms with van der Waals surface area (Å²) in [6, 6.07) is 0. The largest absolute Gasteiger partial charge is 0.364 e. The quantitative estimate of drug-likeness (QED) is 0.363. The average molecular weight is 266 g/mol. The monoisotopic (exact) mass is 265 g/mol. The van der Waals surface area contributed by atoms with Gasteiger partial charge in [-0.3, -0.25) is 5.41 Å². The van der Waals surface area contributed by atoms with E-state index in [9.17, 15) is 0 Å².